The van der Waals surface area contributed by atoms with E-state index in [1.165, 1.54) is 16.8 Å². The molecule has 0 aliphatic heterocycles. The third-order valence-electron chi connectivity index (χ3n) is 3.40. The Kier molecular flexibility index (Phi) is 5.27. The lowest BCUT2D eigenvalue weighted by Crippen LogP contribution is -2.15. The van der Waals surface area contributed by atoms with Crippen LogP contribution in [0.5, 0.6) is 0 Å². The second-order valence-corrected chi connectivity index (χ2v) is 4.99. The van der Waals surface area contributed by atoms with Crippen LogP contribution in [0.2, 0.25) is 0 Å². The quantitative estimate of drug-likeness (QED) is 0.660. The van der Waals surface area contributed by atoms with E-state index >= 15 is 0 Å². The number of nitrogens with zero attached hydrogens (tertiary/aromatic N) is 1. The van der Waals surface area contributed by atoms with E-state index in [0.29, 0.717) is 5.92 Å². The highest BCUT2D eigenvalue weighted by atomic mass is 15.1. The summed E-state index contributed by atoms with van der Waals surface area (Å²) in [4.78, 5) is 2.25. The highest BCUT2D eigenvalue weighted by Crippen LogP contribution is 2.18. The molecule has 0 saturated heterocycles. The van der Waals surface area contributed by atoms with Gasteiger partial charge in [0, 0.05) is 19.3 Å². The normalized spacial score (nSPS) is 10.6. The zero-order valence-electron chi connectivity index (χ0n) is 11.7. The molecule has 0 atom stereocenters. The summed E-state index contributed by atoms with van der Waals surface area (Å²) < 4.78 is 0. The topological polar surface area (TPSA) is 3.24 Å². The molecule has 0 aliphatic carbocycles. The molecule has 94 valence electrons. The average molecular weight is 231 g/mol. The average Bonchev–Trinajstić information content (AvgIpc) is 2.35. The number of anilines is 1. The van der Waals surface area contributed by atoms with Crippen LogP contribution in [0.4, 0.5) is 5.69 Å². The maximum Gasteiger partial charge on any atom is 0.0363 e. The lowest BCUT2D eigenvalue weighted by Gasteiger charge is -2.17. The summed E-state index contributed by atoms with van der Waals surface area (Å²) >= 11 is 0. The van der Waals surface area contributed by atoms with Crippen molar-refractivity contribution in [2.24, 2.45) is 5.92 Å². The molecule has 0 aromatic heterocycles. The molecule has 0 saturated carbocycles. The Hall–Kier alpha value is -1.24. The molecular weight excluding hydrogens is 206 g/mol. The Morgan fingerprint density at radius 2 is 1.82 bits per heavy atom. The SMILES string of the molecule is C=C(CCc1ccc(N(C)CC)cc1)C(C)C. The largest absolute Gasteiger partial charge is 0.375 e. The van der Waals surface area contributed by atoms with Crippen molar-refractivity contribution in [3.8, 4) is 0 Å². The second-order valence-electron chi connectivity index (χ2n) is 4.99. The van der Waals surface area contributed by atoms with Crippen LogP contribution in [0.3, 0.4) is 0 Å². The van der Waals surface area contributed by atoms with Gasteiger partial charge in [-0.2, -0.15) is 0 Å². The van der Waals surface area contributed by atoms with Gasteiger partial charge in [0.05, 0.1) is 0 Å². The van der Waals surface area contributed by atoms with Gasteiger partial charge in [-0.05, 0) is 43.4 Å². The van der Waals surface area contributed by atoms with Crippen LogP contribution < -0.4 is 4.90 Å². The molecule has 1 aromatic carbocycles. The second kappa shape index (κ2) is 6.48. The maximum atomic E-state index is 4.12. The molecule has 0 amide bonds. The van der Waals surface area contributed by atoms with Gasteiger partial charge in [-0.25, -0.2) is 0 Å². The first kappa shape index (κ1) is 13.8. The first-order valence-corrected chi connectivity index (χ1v) is 6.52. The van der Waals surface area contributed by atoms with Crippen molar-refractivity contribution in [1.82, 2.24) is 0 Å². The molecule has 0 heterocycles. The van der Waals surface area contributed by atoms with Crippen LogP contribution in [0.25, 0.3) is 0 Å². The molecule has 0 radical (unpaired) electrons. The van der Waals surface area contributed by atoms with E-state index in [1.807, 2.05) is 0 Å². The fourth-order valence-corrected chi connectivity index (χ4v) is 1.69. The van der Waals surface area contributed by atoms with Gasteiger partial charge >= 0.3 is 0 Å². The lowest BCUT2D eigenvalue weighted by atomic mass is 9.97. The van der Waals surface area contributed by atoms with E-state index < -0.39 is 0 Å². The molecule has 0 fully saturated rings. The third-order valence-corrected chi connectivity index (χ3v) is 3.40. The zero-order valence-corrected chi connectivity index (χ0v) is 11.7. The summed E-state index contributed by atoms with van der Waals surface area (Å²) in [6.45, 7) is 11.8. The van der Waals surface area contributed by atoms with Crippen molar-refractivity contribution < 1.29 is 0 Å². The number of rotatable bonds is 6. The lowest BCUT2D eigenvalue weighted by molar-refractivity contribution is 0.713. The molecule has 1 heteroatoms. The van der Waals surface area contributed by atoms with Gasteiger partial charge in [0.15, 0.2) is 0 Å². The van der Waals surface area contributed by atoms with Crippen molar-refractivity contribution in [3.63, 3.8) is 0 Å². The molecule has 0 bridgehead atoms. The third kappa shape index (κ3) is 4.26. The first-order chi connectivity index (χ1) is 8.04. The number of benzene rings is 1. The Labute approximate surface area is 106 Å². The zero-order chi connectivity index (χ0) is 12.8. The van der Waals surface area contributed by atoms with Crippen LogP contribution in [-0.4, -0.2) is 13.6 Å². The summed E-state index contributed by atoms with van der Waals surface area (Å²) in [5.41, 5.74) is 4.04. The monoisotopic (exact) mass is 231 g/mol. The van der Waals surface area contributed by atoms with Crippen LogP contribution in [-0.2, 0) is 6.42 Å². The summed E-state index contributed by atoms with van der Waals surface area (Å²) in [5, 5.41) is 0. The molecule has 1 aromatic rings. The summed E-state index contributed by atoms with van der Waals surface area (Å²) in [6.07, 6.45) is 2.20. The predicted octanol–water partition coefficient (Wildman–Crippen LogP) is 4.29. The summed E-state index contributed by atoms with van der Waals surface area (Å²) in [7, 11) is 2.12. The van der Waals surface area contributed by atoms with Crippen molar-refractivity contribution in [2.75, 3.05) is 18.5 Å². The molecule has 0 N–H and O–H groups in total. The molecule has 17 heavy (non-hydrogen) atoms. The van der Waals surface area contributed by atoms with E-state index in [-0.39, 0.29) is 0 Å². The number of allylic oxidation sites excluding steroid dienone is 1. The van der Waals surface area contributed by atoms with Crippen molar-refractivity contribution in [2.45, 2.75) is 33.6 Å². The Balaban J connectivity index is 2.54. The van der Waals surface area contributed by atoms with Gasteiger partial charge in [-0.3, -0.25) is 0 Å². The maximum absolute atomic E-state index is 4.12. The Morgan fingerprint density at radius 3 is 2.29 bits per heavy atom. The van der Waals surface area contributed by atoms with Gasteiger partial charge in [0.1, 0.15) is 0 Å². The minimum Gasteiger partial charge on any atom is -0.375 e. The van der Waals surface area contributed by atoms with Crippen LogP contribution >= 0.6 is 0 Å². The summed E-state index contributed by atoms with van der Waals surface area (Å²) in [5.74, 6) is 0.598. The van der Waals surface area contributed by atoms with Gasteiger partial charge in [-0.15, -0.1) is 0 Å². The van der Waals surface area contributed by atoms with Crippen LogP contribution in [0.15, 0.2) is 36.4 Å². The predicted molar refractivity (Wildman–Crippen MR) is 77.7 cm³/mol. The van der Waals surface area contributed by atoms with Gasteiger partial charge < -0.3 is 4.90 Å². The number of aryl methyl sites for hydroxylation is 1. The van der Waals surface area contributed by atoms with E-state index in [2.05, 4.69) is 63.6 Å². The highest BCUT2D eigenvalue weighted by molar-refractivity contribution is 5.46. The van der Waals surface area contributed by atoms with Crippen molar-refractivity contribution >= 4 is 5.69 Å². The fourth-order valence-electron chi connectivity index (χ4n) is 1.69. The first-order valence-electron chi connectivity index (χ1n) is 6.52. The minimum absolute atomic E-state index is 0.598. The van der Waals surface area contributed by atoms with Crippen LogP contribution in [0.1, 0.15) is 32.8 Å². The van der Waals surface area contributed by atoms with E-state index in [1.54, 1.807) is 0 Å². The fraction of sp³-hybridized carbons (Fsp3) is 0.500. The highest BCUT2D eigenvalue weighted by Gasteiger charge is 2.02. The van der Waals surface area contributed by atoms with Crippen LogP contribution in [0, 0.1) is 5.92 Å². The minimum atomic E-state index is 0.598. The smallest absolute Gasteiger partial charge is 0.0363 e. The van der Waals surface area contributed by atoms with Gasteiger partial charge in [-0.1, -0.05) is 38.1 Å². The van der Waals surface area contributed by atoms with Gasteiger partial charge in [0.25, 0.3) is 0 Å². The van der Waals surface area contributed by atoms with E-state index in [4.69, 9.17) is 0 Å². The molecule has 0 unspecified atom stereocenters. The molecule has 0 aliphatic rings. The molecule has 1 rings (SSSR count). The van der Waals surface area contributed by atoms with E-state index in [0.717, 1.165) is 19.4 Å². The van der Waals surface area contributed by atoms with Crippen molar-refractivity contribution in [1.29, 1.82) is 0 Å². The Morgan fingerprint density at radius 1 is 1.24 bits per heavy atom. The van der Waals surface area contributed by atoms with Crippen molar-refractivity contribution in [3.05, 3.63) is 42.0 Å². The number of hydrogen-bond donors (Lipinski definition) is 0. The standard InChI is InChI=1S/C16H25N/c1-6-17(5)16-11-9-15(10-12-16)8-7-14(4)13(2)3/h9-13H,4,6-8H2,1-3,5H3. The Bertz CT molecular complexity index is 348. The molecule has 0 spiro atoms. The number of hydrogen-bond acceptors (Lipinski definition) is 1. The molecule has 1 nitrogen and oxygen atoms in total. The van der Waals surface area contributed by atoms with Gasteiger partial charge in [0.2, 0.25) is 0 Å². The van der Waals surface area contributed by atoms with E-state index in [9.17, 15) is 0 Å². The molecular formula is C16H25N. The summed E-state index contributed by atoms with van der Waals surface area (Å²) in [6, 6.07) is 8.87.